The average Bonchev–Trinajstić information content (AvgIpc) is 3.15. The van der Waals surface area contributed by atoms with Crippen LogP contribution in [0, 0.1) is 0 Å². The molecule has 0 aromatic carbocycles. The summed E-state index contributed by atoms with van der Waals surface area (Å²) >= 11 is 0. The van der Waals surface area contributed by atoms with Crippen LogP contribution in [0.5, 0.6) is 0 Å². The number of aromatic amines is 1. The van der Waals surface area contributed by atoms with Gasteiger partial charge in [0.2, 0.25) is 5.95 Å². The van der Waals surface area contributed by atoms with Crippen molar-refractivity contribution >= 4 is 22.8 Å². The molecule has 3 N–H and O–H groups in total. The number of nitrogens with one attached hydrogen (secondary N) is 3. The quantitative estimate of drug-likeness (QED) is 0.645. The molecule has 0 aliphatic rings. The van der Waals surface area contributed by atoms with E-state index in [4.69, 9.17) is 4.42 Å². The minimum Gasteiger partial charge on any atom is -0.467 e. The van der Waals surface area contributed by atoms with Gasteiger partial charge in [-0.05, 0) is 25.5 Å². The normalized spacial score (nSPS) is 12.5. The number of fused-ring (bicyclic) bond motifs is 1. The maximum Gasteiger partial charge on any atom is 0.226 e. The van der Waals surface area contributed by atoms with Gasteiger partial charge in [-0.3, -0.25) is 5.10 Å². The van der Waals surface area contributed by atoms with Crippen LogP contribution < -0.4 is 10.6 Å². The molecule has 0 saturated heterocycles. The van der Waals surface area contributed by atoms with E-state index in [-0.39, 0.29) is 6.04 Å². The third-order valence-corrected chi connectivity index (χ3v) is 3.17. The van der Waals surface area contributed by atoms with Crippen molar-refractivity contribution in [1.82, 2.24) is 20.2 Å². The number of rotatable bonds is 6. The van der Waals surface area contributed by atoms with E-state index < -0.39 is 0 Å². The Hall–Kier alpha value is -2.57. The van der Waals surface area contributed by atoms with Crippen molar-refractivity contribution in [2.45, 2.75) is 26.3 Å². The van der Waals surface area contributed by atoms with Crippen LogP contribution in [0.25, 0.3) is 11.0 Å². The van der Waals surface area contributed by atoms with E-state index >= 15 is 0 Å². The van der Waals surface area contributed by atoms with Crippen molar-refractivity contribution in [1.29, 1.82) is 0 Å². The van der Waals surface area contributed by atoms with Gasteiger partial charge in [-0.15, -0.1) is 0 Å². The highest BCUT2D eigenvalue weighted by molar-refractivity contribution is 5.87. The van der Waals surface area contributed by atoms with Gasteiger partial charge in [-0.25, -0.2) is 0 Å². The molecule has 0 radical (unpaired) electrons. The predicted molar refractivity (Wildman–Crippen MR) is 81.2 cm³/mol. The summed E-state index contributed by atoms with van der Waals surface area (Å²) in [6, 6.07) is 3.81. The Balaban J connectivity index is 1.90. The van der Waals surface area contributed by atoms with Gasteiger partial charge in [0, 0.05) is 6.54 Å². The number of furan rings is 1. The lowest BCUT2D eigenvalue weighted by molar-refractivity contribution is 0.490. The van der Waals surface area contributed by atoms with Crippen LogP contribution in [0.15, 0.2) is 29.0 Å². The van der Waals surface area contributed by atoms with Crippen molar-refractivity contribution in [3.8, 4) is 0 Å². The number of hydrogen-bond acceptors (Lipinski definition) is 6. The Morgan fingerprint density at radius 2 is 2.29 bits per heavy atom. The van der Waals surface area contributed by atoms with E-state index in [9.17, 15) is 0 Å². The molecule has 0 spiro atoms. The Bertz CT molecular complexity index is 705. The molecule has 0 fully saturated rings. The van der Waals surface area contributed by atoms with Gasteiger partial charge < -0.3 is 15.1 Å². The first-order valence-corrected chi connectivity index (χ1v) is 7.03. The summed E-state index contributed by atoms with van der Waals surface area (Å²) in [6.07, 6.45) is 4.39. The van der Waals surface area contributed by atoms with Crippen LogP contribution >= 0.6 is 0 Å². The summed E-state index contributed by atoms with van der Waals surface area (Å²) in [4.78, 5) is 8.93. The first-order chi connectivity index (χ1) is 10.3. The maximum atomic E-state index is 5.41. The summed E-state index contributed by atoms with van der Waals surface area (Å²) in [5, 5.41) is 14.3. The molecule has 0 bridgehead atoms. The molecule has 0 aliphatic heterocycles. The highest BCUT2D eigenvalue weighted by Gasteiger charge is 2.14. The summed E-state index contributed by atoms with van der Waals surface area (Å²) in [7, 11) is 0. The van der Waals surface area contributed by atoms with Crippen molar-refractivity contribution in [2.75, 3.05) is 17.2 Å². The van der Waals surface area contributed by atoms with Gasteiger partial charge in [-0.1, -0.05) is 6.92 Å². The van der Waals surface area contributed by atoms with Crippen LogP contribution in [-0.2, 0) is 0 Å². The molecule has 0 saturated carbocycles. The highest BCUT2D eigenvalue weighted by atomic mass is 16.3. The standard InChI is InChI=1S/C14H18N6O/c1-3-6-15-14-18-12(10-8-16-20-13(10)19-14)17-9(2)11-5-4-7-21-11/h4-5,7-9H,3,6H2,1-2H3,(H3,15,16,17,18,19,20). The Kier molecular flexibility index (Phi) is 3.72. The van der Waals surface area contributed by atoms with E-state index in [1.807, 2.05) is 19.1 Å². The van der Waals surface area contributed by atoms with E-state index in [0.29, 0.717) is 11.6 Å². The van der Waals surface area contributed by atoms with Crippen molar-refractivity contribution in [2.24, 2.45) is 0 Å². The summed E-state index contributed by atoms with van der Waals surface area (Å²) in [5.74, 6) is 2.17. The third-order valence-electron chi connectivity index (χ3n) is 3.17. The number of hydrogen-bond donors (Lipinski definition) is 3. The number of anilines is 2. The Morgan fingerprint density at radius 1 is 1.38 bits per heavy atom. The number of aromatic nitrogens is 4. The molecule has 7 nitrogen and oxygen atoms in total. The molecular weight excluding hydrogens is 268 g/mol. The fraction of sp³-hybridized carbons (Fsp3) is 0.357. The van der Waals surface area contributed by atoms with Crippen LogP contribution in [0.2, 0.25) is 0 Å². The number of H-pyrrole nitrogens is 1. The first-order valence-electron chi connectivity index (χ1n) is 7.03. The lowest BCUT2D eigenvalue weighted by Crippen LogP contribution is -2.10. The van der Waals surface area contributed by atoms with E-state index in [1.165, 1.54) is 0 Å². The van der Waals surface area contributed by atoms with Gasteiger partial charge in [0.1, 0.15) is 11.6 Å². The molecule has 3 rings (SSSR count). The van der Waals surface area contributed by atoms with Gasteiger partial charge in [-0.2, -0.15) is 15.1 Å². The second kappa shape index (κ2) is 5.82. The lowest BCUT2D eigenvalue weighted by atomic mass is 10.2. The molecule has 3 heterocycles. The smallest absolute Gasteiger partial charge is 0.226 e. The van der Waals surface area contributed by atoms with Gasteiger partial charge in [0.05, 0.1) is 23.9 Å². The molecule has 7 heteroatoms. The monoisotopic (exact) mass is 286 g/mol. The molecular formula is C14H18N6O. The molecule has 3 aromatic heterocycles. The first kappa shape index (κ1) is 13.4. The minimum absolute atomic E-state index is 0.00650. The topological polar surface area (TPSA) is 91.7 Å². The summed E-state index contributed by atoms with van der Waals surface area (Å²) < 4.78 is 5.41. The van der Waals surface area contributed by atoms with Crippen molar-refractivity contribution in [3.05, 3.63) is 30.4 Å². The molecule has 0 aliphatic carbocycles. The fourth-order valence-corrected chi connectivity index (χ4v) is 2.07. The summed E-state index contributed by atoms with van der Waals surface area (Å²) in [5.41, 5.74) is 0.706. The predicted octanol–water partition coefficient (Wildman–Crippen LogP) is 2.94. The zero-order valence-electron chi connectivity index (χ0n) is 12.1. The van der Waals surface area contributed by atoms with Crippen molar-refractivity contribution < 1.29 is 4.42 Å². The van der Waals surface area contributed by atoms with Crippen LogP contribution in [-0.4, -0.2) is 26.7 Å². The van der Waals surface area contributed by atoms with Crippen LogP contribution in [0.4, 0.5) is 11.8 Å². The second-order valence-corrected chi connectivity index (χ2v) is 4.84. The van der Waals surface area contributed by atoms with Gasteiger partial charge in [0.25, 0.3) is 0 Å². The Labute approximate surface area is 122 Å². The highest BCUT2D eigenvalue weighted by Crippen LogP contribution is 2.24. The zero-order valence-corrected chi connectivity index (χ0v) is 12.1. The number of nitrogens with zero attached hydrogens (tertiary/aromatic N) is 3. The van der Waals surface area contributed by atoms with Crippen molar-refractivity contribution in [3.63, 3.8) is 0 Å². The Morgan fingerprint density at radius 3 is 3.05 bits per heavy atom. The van der Waals surface area contributed by atoms with Gasteiger partial charge >= 0.3 is 0 Å². The van der Waals surface area contributed by atoms with Crippen LogP contribution in [0.3, 0.4) is 0 Å². The van der Waals surface area contributed by atoms with E-state index in [2.05, 4.69) is 37.7 Å². The minimum atomic E-state index is 0.00650. The largest absolute Gasteiger partial charge is 0.467 e. The lowest BCUT2D eigenvalue weighted by Gasteiger charge is -2.13. The summed E-state index contributed by atoms with van der Waals surface area (Å²) in [6.45, 7) is 4.94. The van der Waals surface area contributed by atoms with Gasteiger partial charge in [0.15, 0.2) is 5.65 Å². The molecule has 3 aromatic rings. The molecule has 1 atom stereocenters. The van der Waals surface area contributed by atoms with E-state index in [1.54, 1.807) is 12.5 Å². The molecule has 1 unspecified atom stereocenters. The molecule has 21 heavy (non-hydrogen) atoms. The third kappa shape index (κ3) is 2.81. The van der Waals surface area contributed by atoms with Crippen LogP contribution in [0.1, 0.15) is 32.1 Å². The molecule has 110 valence electrons. The zero-order chi connectivity index (χ0) is 14.7. The fourth-order valence-electron chi connectivity index (χ4n) is 2.07. The maximum absolute atomic E-state index is 5.41. The second-order valence-electron chi connectivity index (χ2n) is 4.84. The SMILES string of the molecule is CCCNc1nc(NC(C)c2ccco2)c2cn[nH]c2n1. The molecule has 0 amide bonds. The average molecular weight is 286 g/mol. The van der Waals surface area contributed by atoms with E-state index in [0.717, 1.165) is 29.9 Å².